The minimum Gasteiger partial charge on any atom is -0.273 e. The maximum atomic E-state index is 11.7. The lowest BCUT2D eigenvalue weighted by Crippen LogP contribution is -2.27. The highest BCUT2D eigenvalue weighted by Crippen LogP contribution is 2.18. The average molecular weight is 280 g/mol. The van der Waals surface area contributed by atoms with E-state index in [2.05, 4.69) is 10.5 Å². The number of hydrazone groups is 1. The van der Waals surface area contributed by atoms with Gasteiger partial charge in [-0.1, -0.05) is 29.8 Å². The Hall–Kier alpha value is -1.69. The number of benzene rings is 1. The van der Waals surface area contributed by atoms with Gasteiger partial charge >= 0.3 is 0 Å². The molecular weight excluding hydrogens is 264 g/mol. The molecule has 0 radical (unpaired) electrons. The van der Waals surface area contributed by atoms with Crippen molar-refractivity contribution in [1.29, 1.82) is 0 Å². The summed E-state index contributed by atoms with van der Waals surface area (Å²) in [5, 5.41) is 3.84. The first-order chi connectivity index (χ1) is 8.96. The number of amides is 1. The number of hydrogen-bond donors (Lipinski definition) is 1. The van der Waals surface area contributed by atoms with Gasteiger partial charge in [0.2, 0.25) is 5.91 Å². The van der Waals surface area contributed by atoms with Gasteiger partial charge in [-0.15, -0.1) is 0 Å². The SMILES string of the molecule is Cc1ccc(/C=N\NC(=O)[C@H]2CCS(=O)(=O)C2)cc1. The van der Waals surface area contributed by atoms with Crippen molar-refractivity contribution in [3.8, 4) is 0 Å². The molecule has 1 N–H and O–H groups in total. The summed E-state index contributed by atoms with van der Waals surface area (Å²) in [6, 6.07) is 7.69. The van der Waals surface area contributed by atoms with Crippen LogP contribution in [-0.4, -0.2) is 32.0 Å². The van der Waals surface area contributed by atoms with Crippen molar-refractivity contribution in [3.05, 3.63) is 35.4 Å². The van der Waals surface area contributed by atoms with Crippen LogP contribution in [0.4, 0.5) is 0 Å². The first-order valence-corrected chi connectivity index (χ1v) is 7.88. The maximum Gasteiger partial charge on any atom is 0.244 e. The summed E-state index contributed by atoms with van der Waals surface area (Å²) in [5.74, 6) is -0.782. The lowest BCUT2D eigenvalue weighted by Gasteiger charge is -2.04. The monoisotopic (exact) mass is 280 g/mol. The minimum absolute atomic E-state index is 0.0706. The van der Waals surface area contributed by atoms with E-state index in [0.29, 0.717) is 6.42 Å². The minimum atomic E-state index is -3.04. The molecule has 6 heteroatoms. The van der Waals surface area contributed by atoms with Gasteiger partial charge in [0.25, 0.3) is 0 Å². The number of aryl methyl sites for hydroxylation is 1. The van der Waals surface area contributed by atoms with Crippen molar-refractivity contribution in [3.63, 3.8) is 0 Å². The van der Waals surface area contributed by atoms with E-state index < -0.39 is 15.8 Å². The van der Waals surface area contributed by atoms with Gasteiger partial charge in [-0.3, -0.25) is 4.79 Å². The van der Waals surface area contributed by atoms with Crippen LogP contribution in [0.15, 0.2) is 29.4 Å². The van der Waals surface area contributed by atoms with Crippen LogP contribution in [0.25, 0.3) is 0 Å². The summed E-state index contributed by atoms with van der Waals surface area (Å²) in [5.41, 5.74) is 4.42. The molecule has 0 bridgehead atoms. The second kappa shape index (κ2) is 5.52. The molecule has 5 nitrogen and oxygen atoms in total. The predicted molar refractivity (Wildman–Crippen MR) is 73.7 cm³/mol. The first-order valence-electron chi connectivity index (χ1n) is 6.06. The van der Waals surface area contributed by atoms with E-state index >= 15 is 0 Å². The topological polar surface area (TPSA) is 75.6 Å². The predicted octanol–water partition coefficient (Wildman–Crippen LogP) is 0.880. The molecule has 1 amide bonds. The van der Waals surface area contributed by atoms with Gasteiger partial charge in [-0.05, 0) is 18.9 Å². The molecule has 1 aromatic rings. The van der Waals surface area contributed by atoms with E-state index in [-0.39, 0.29) is 17.4 Å². The summed E-state index contributed by atoms with van der Waals surface area (Å²) in [4.78, 5) is 11.7. The lowest BCUT2D eigenvalue weighted by molar-refractivity contribution is -0.124. The van der Waals surface area contributed by atoms with Crippen molar-refractivity contribution >= 4 is 22.0 Å². The fourth-order valence-electron chi connectivity index (χ4n) is 1.92. The standard InChI is InChI=1S/C13H16N2O3S/c1-10-2-4-11(5-3-10)8-14-15-13(16)12-6-7-19(17,18)9-12/h2-5,8,12H,6-7,9H2,1H3,(H,15,16)/b14-8-/t12-/m0/s1. The molecule has 0 spiro atoms. The van der Waals surface area contributed by atoms with Gasteiger partial charge in [-0.2, -0.15) is 5.10 Å². The van der Waals surface area contributed by atoms with E-state index in [1.165, 1.54) is 0 Å². The number of nitrogens with one attached hydrogen (secondary N) is 1. The second-order valence-electron chi connectivity index (χ2n) is 4.74. The molecule has 1 aromatic carbocycles. The van der Waals surface area contributed by atoms with Crippen LogP contribution in [0.3, 0.4) is 0 Å². The van der Waals surface area contributed by atoms with Crippen LogP contribution in [-0.2, 0) is 14.6 Å². The Morgan fingerprint density at radius 1 is 1.37 bits per heavy atom. The van der Waals surface area contributed by atoms with Gasteiger partial charge in [0, 0.05) is 0 Å². The number of carbonyl (C=O) groups is 1. The zero-order valence-electron chi connectivity index (χ0n) is 10.7. The molecule has 2 rings (SSSR count). The second-order valence-corrected chi connectivity index (χ2v) is 6.97. The van der Waals surface area contributed by atoms with E-state index in [1.54, 1.807) is 6.21 Å². The van der Waals surface area contributed by atoms with Gasteiger partial charge in [0.1, 0.15) is 0 Å². The van der Waals surface area contributed by atoms with Crippen molar-refractivity contribution in [1.82, 2.24) is 5.43 Å². The number of hydrogen-bond acceptors (Lipinski definition) is 4. The third kappa shape index (κ3) is 3.89. The molecule has 1 heterocycles. The van der Waals surface area contributed by atoms with Crippen LogP contribution < -0.4 is 5.43 Å². The van der Waals surface area contributed by atoms with E-state index in [0.717, 1.165) is 11.1 Å². The molecule has 1 atom stereocenters. The van der Waals surface area contributed by atoms with Gasteiger partial charge in [-0.25, -0.2) is 13.8 Å². The fourth-order valence-corrected chi connectivity index (χ4v) is 3.66. The molecule has 0 aromatic heterocycles. The highest BCUT2D eigenvalue weighted by atomic mass is 32.2. The molecular formula is C13H16N2O3S. The van der Waals surface area contributed by atoms with Crippen molar-refractivity contribution < 1.29 is 13.2 Å². The van der Waals surface area contributed by atoms with Gasteiger partial charge in [0.05, 0.1) is 23.6 Å². The van der Waals surface area contributed by atoms with Crippen molar-refractivity contribution in [2.45, 2.75) is 13.3 Å². The quantitative estimate of drug-likeness (QED) is 0.659. The molecule has 0 unspecified atom stereocenters. The molecule has 1 fully saturated rings. The molecule has 1 saturated heterocycles. The Morgan fingerprint density at radius 3 is 2.63 bits per heavy atom. The zero-order valence-corrected chi connectivity index (χ0v) is 11.5. The Morgan fingerprint density at radius 2 is 2.05 bits per heavy atom. The van der Waals surface area contributed by atoms with Crippen LogP contribution in [0.2, 0.25) is 0 Å². The molecule has 1 aliphatic rings. The highest BCUT2D eigenvalue weighted by Gasteiger charge is 2.32. The van der Waals surface area contributed by atoms with Gasteiger partial charge in [0.15, 0.2) is 9.84 Å². The Balaban J connectivity index is 1.89. The zero-order chi connectivity index (χ0) is 13.9. The van der Waals surface area contributed by atoms with E-state index in [9.17, 15) is 13.2 Å². The third-order valence-corrected chi connectivity index (χ3v) is 4.84. The Labute approximate surface area is 112 Å². The Bertz CT molecular complexity index is 591. The fraction of sp³-hybridized carbons (Fsp3) is 0.385. The number of sulfone groups is 1. The van der Waals surface area contributed by atoms with Crippen LogP contribution in [0.5, 0.6) is 0 Å². The molecule has 19 heavy (non-hydrogen) atoms. The number of rotatable bonds is 3. The van der Waals surface area contributed by atoms with Crippen molar-refractivity contribution in [2.24, 2.45) is 11.0 Å². The summed E-state index contributed by atoms with van der Waals surface area (Å²) in [7, 11) is -3.04. The van der Waals surface area contributed by atoms with E-state index in [1.807, 2.05) is 31.2 Å². The normalized spacial score (nSPS) is 21.6. The largest absolute Gasteiger partial charge is 0.273 e. The summed E-state index contributed by atoms with van der Waals surface area (Å²) >= 11 is 0. The van der Waals surface area contributed by atoms with Crippen molar-refractivity contribution in [2.75, 3.05) is 11.5 Å². The van der Waals surface area contributed by atoms with E-state index in [4.69, 9.17) is 0 Å². The highest BCUT2D eigenvalue weighted by molar-refractivity contribution is 7.91. The average Bonchev–Trinajstić information content (AvgIpc) is 2.72. The number of nitrogens with zero attached hydrogens (tertiary/aromatic N) is 1. The lowest BCUT2D eigenvalue weighted by atomic mass is 10.1. The summed E-state index contributed by atoms with van der Waals surface area (Å²) in [6.45, 7) is 1.99. The molecule has 0 saturated carbocycles. The smallest absolute Gasteiger partial charge is 0.244 e. The van der Waals surface area contributed by atoms with Gasteiger partial charge < -0.3 is 0 Å². The third-order valence-electron chi connectivity index (χ3n) is 3.07. The number of carbonyl (C=O) groups excluding carboxylic acids is 1. The van der Waals surface area contributed by atoms with Crippen LogP contribution in [0, 0.1) is 12.8 Å². The van der Waals surface area contributed by atoms with Crippen LogP contribution in [0.1, 0.15) is 17.5 Å². The molecule has 102 valence electrons. The first kappa shape index (κ1) is 13.7. The summed E-state index contributed by atoms with van der Waals surface area (Å²) < 4.78 is 22.5. The maximum absolute atomic E-state index is 11.7. The Kier molecular flexibility index (Phi) is 3.99. The molecule has 0 aliphatic carbocycles. The molecule has 1 aliphatic heterocycles. The van der Waals surface area contributed by atoms with Crippen LogP contribution >= 0.6 is 0 Å². The summed E-state index contributed by atoms with van der Waals surface area (Å²) in [6.07, 6.45) is 1.93.